The smallest absolute Gasteiger partial charge is 0.134 e. The standard InChI is InChI=1S/C12H9Cl2NO/c1-8-7-15-12(14)6-11(8)16-10-4-2-3-9(13)5-10/h2-7H,1H3. The molecule has 0 bridgehead atoms. The van der Waals surface area contributed by atoms with E-state index in [9.17, 15) is 0 Å². The van der Waals surface area contributed by atoms with E-state index in [2.05, 4.69) is 4.98 Å². The lowest BCUT2D eigenvalue weighted by molar-refractivity contribution is 0.478. The summed E-state index contributed by atoms with van der Waals surface area (Å²) in [5.74, 6) is 1.36. The molecule has 1 aromatic carbocycles. The van der Waals surface area contributed by atoms with Crippen LogP contribution in [-0.4, -0.2) is 4.98 Å². The molecule has 0 atom stereocenters. The number of pyridine rings is 1. The Labute approximate surface area is 104 Å². The number of benzene rings is 1. The minimum atomic E-state index is 0.405. The minimum Gasteiger partial charge on any atom is -0.457 e. The van der Waals surface area contributed by atoms with Gasteiger partial charge in [-0.3, -0.25) is 0 Å². The van der Waals surface area contributed by atoms with Gasteiger partial charge in [-0.15, -0.1) is 0 Å². The maximum Gasteiger partial charge on any atom is 0.134 e. The predicted octanol–water partition coefficient (Wildman–Crippen LogP) is 4.49. The van der Waals surface area contributed by atoms with Crippen LogP contribution in [0.4, 0.5) is 0 Å². The molecule has 1 aromatic heterocycles. The highest BCUT2D eigenvalue weighted by molar-refractivity contribution is 6.30. The summed E-state index contributed by atoms with van der Waals surface area (Å²) in [5, 5.41) is 1.04. The zero-order valence-electron chi connectivity index (χ0n) is 8.58. The van der Waals surface area contributed by atoms with E-state index in [1.165, 1.54) is 0 Å². The van der Waals surface area contributed by atoms with Crippen LogP contribution in [-0.2, 0) is 0 Å². The molecule has 2 nitrogen and oxygen atoms in total. The first-order chi connectivity index (χ1) is 7.65. The average Bonchev–Trinajstić information content (AvgIpc) is 2.24. The fraction of sp³-hybridized carbons (Fsp3) is 0.0833. The SMILES string of the molecule is Cc1cnc(Cl)cc1Oc1cccc(Cl)c1. The van der Waals surface area contributed by atoms with Crippen LogP contribution in [0.3, 0.4) is 0 Å². The highest BCUT2D eigenvalue weighted by atomic mass is 35.5. The fourth-order valence-corrected chi connectivity index (χ4v) is 1.58. The van der Waals surface area contributed by atoms with Crippen LogP contribution < -0.4 is 4.74 Å². The van der Waals surface area contributed by atoms with Gasteiger partial charge in [-0.1, -0.05) is 29.3 Å². The number of ether oxygens (including phenoxy) is 1. The van der Waals surface area contributed by atoms with E-state index in [0.29, 0.717) is 21.7 Å². The normalized spacial score (nSPS) is 10.2. The minimum absolute atomic E-state index is 0.405. The lowest BCUT2D eigenvalue weighted by Crippen LogP contribution is -1.89. The van der Waals surface area contributed by atoms with Crippen molar-refractivity contribution < 1.29 is 4.74 Å². The Bertz CT molecular complexity index is 514. The fourth-order valence-electron chi connectivity index (χ4n) is 1.25. The monoisotopic (exact) mass is 253 g/mol. The second kappa shape index (κ2) is 4.73. The molecule has 1 heterocycles. The van der Waals surface area contributed by atoms with Gasteiger partial charge < -0.3 is 4.74 Å². The third kappa shape index (κ3) is 2.65. The Morgan fingerprint density at radius 2 is 2.00 bits per heavy atom. The number of aryl methyl sites for hydroxylation is 1. The van der Waals surface area contributed by atoms with Gasteiger partial charge in [-0.05, 0) is 25.1 Å². The number of halogens is 2. The van der Waals surface area contributed by atoms with E-state index in [0.717, 1.165) is 5.56 Å². The molecular formula is C12H9Cl2NO. The number of aromatic nitrogens is 1. The first-order valence-electron chi connectivity index (χ1n) is 4.71. The Morgan fingerprint density at radius 3 is 2.75 bits per heavy atom. The van der Waals surface area contributed by atoms with E-state index in [-0.39, 0.29) is 0 Å². The molecule has 0 amide bonds. The molecular weight excluding hydrogens is 245 g/mol. The van der Waals surface area contributed by atoms with Crippen molar-refractivity contribution in [1.82, 2.24) is 4.98 Å². The molecule has 0 spiro atoms. The zero-order chi connectivity index (χ0) is 11.5. The van der Waals surface area contributed by atoms with Crippen LogP contribution >= 0.6 is 23.2 Å². The average molecular weight is 254 g/mol. The first kappa shape index (κ1) is 11.2. The van der Waals surface area contributed by atoms with Crippen LogP contribution in [0, 0.1) is 6.92 Å². The third-order valence-electron chi connectivity index (χ3n) is 2.04. The molecule has 0 fully saturated rings. The van der Waals surface area contributed by atoms with Gasteiger partial charge in [0.15, 0.2) is 0 Å². The molecule has 0 aliphatic rings. The Hall–Kier alpha value is -1.25. The molecule has 0 saturated carbocycles. The van der Waals surface area contributed by atoms with Crippen molar-refractivity contribution in [3.05, 3.63) is 52.3 Å². The number of hydrogen-bond acceptors (Lipinski definition) is 2. The highest BCUT2D eigenvalue weighted by Gasteiger charge is 2.03. The summed E-state index contributed by atoms with van der Waals surface area (Å²) in [4.78, 5) is 3.96. The molecule has 0 aliphatic heterocycles. The van der Waals surface area contributed by atoms with Crippen molar-refractivity contribution in [2.24, 2.45) is 0 Å². The first-order valence-corrected chi connectivity index (χ1v) is 5.46. The summed E-state index contributed by atoms with van der Waals surface area (Å²) in [6, 6.07) is 8.88. The Kier molecular flexibility index (Phi) is 3.32. The van der Waals surface area contributed by atoms with E-state index in [4.69, 9.17) is 27.9 Å². The lowest BCUT2D eigenvalue weighted by atomic mass is 10.3. The highest BCUT2D eigenvalue weighted by Crippen LogP contribution is 2.27. The topological polar surface area (TPSA) is 22.1 Å². The van der Waals surface area contributed by atoms with Crippen LogP contribution in [0.2, 0.25) is 10.2 Å². The van der Waals surface area contributed by atoms with Gasteiger partial charge in [-0.2, -0.15) is 0 Å². The largest absolute Gasteiger partial charge is 0.457 e. The predicted molar refractivity (Wildman–Crippen MR) is 65.5 cm³/mol. The van der Waals surface area contributed by atoms with Gasteiger partial charge >= 0.3 is 0 Å². The maximum atomic E-state index is 5.86. The second-order valence-electron chi connectivity index (χ2n) is 3.33. The molecule has 4 heteroatoms. The Balaban J connectivity index is 2.30. The lowest BCUT2D eigenvalue weighted by Gasteiger charge is -2.08. The summed E-state index contributed by atoms with van der Waals surface area (Å²) in [7, 11) is 0. The maximum absolute atomic E-state index is 5.86. The van der Waals surface area contributed by atoms with Crippen molar-refractivity contribution in [2.75, 3.05) is 0 Å². The van der Waals surface area contributed by atoms with Crippen LogP contribution in [0.1, 0.15) is 5.56 Å². The van der Waals surface area contributed by atoms with Crippen molar-refractivity contribution >= 4 is 23.2 Å². The van der Waals surface area contributed by atoms with Crippen molar-refractivity contribution in [3.8, 4) is 11.5 Å². The van der Waals surface area contributed by atoms with Crippen LogP contribution in [0.25, 0.3) is 0 Å². The quantitative estimate of drug-likeness (QED) is 0.736. The number of rotatable bonds is 2. The molecule has 2 aromatic rings. The zero-order valence-corrected chi connectivity index (χ0v) is 10.1. The molecule has 2 rings (SSSR count). The molecule has 82 valence electrons. The van der Waals surface area contributed by atoms with Crippen molar-refractivity contribution in [2.45, 2.75) is 6.92 Å². The molecule has 0 radical (unpaired) electrons. The summed E-state index contributed by atoms with van der Waals surface area (Å²) in [5.41, 5.74) is 0.921. The summed E-state index contributed by atoms with van der Waals surface area (Å²) < 4.78 is 5.66. The van der Waals surface area contributed by atoms with E-state index < -0.39 is 0 Å². The summed E-state index contributed by atoms with van der Waals surface area (Å²) in [6.07, 6.45) is 1.67. The second-order valence-corrected chi connectivity index (χ2v) is 4.16. The Morgan fingerprint density at radius 1 is 1.19 bits per heavy atom. The van der Waals surface area contributed by atoms with Crippen molar-refractivity contribution in [1.29, 1.82) is 0 Å². The van der Waals surface area contributed by atoms with Gasteiger partial charge in [0.05, 0.1) is 0 Å². The van der Waals surface area contributed by atoms with E-state index >= 15 is 0 Å². The molecule has 0 N–H and O–H groups in total. The van der Waals surface area contributed by atoms with Gasteiger partial charge in [0.1, 0.15) is 16.7 Å². The molecule has 16 heavy (non-hydrogen) atoms. The molecule has 0 unspecified atom stereocenters. The van der Waals surface area contributed by atoms with Gasteiger partial charge in [0, 0.05) is 22.8 Å². The number of nitrogens with zero attached hydrogens (tertiary/aromatic N) is 1. The van der Waals surface area contributed by atoms with E-state index in [1.807, 2.05) is 19.1 Å². The third-order valence-corrected chi connectivity index (χ3v) is 2.49. The number of hydrogen-bond donors (Lipinski definition) is 0. The molecule has 0 saturated heterocycles. The van der Waals surface area contributed by atoms with Crippen LogP contribution in [0.5, 0.6) is 11.5 Å². The van der Waals surface area contributed by atoms with Gasteiger partial charge in [0.25, 0.3) is 0 Å². The van der Waals surface area contributed by atoms with Crippen LogP contribution in [0.15, 0.2) is 36.5 Å². The van der Waals surface area contributed by atoms with Gasteiger partial charge in [-0.25, -0.2) is 4.98 Å². The van der Waals surface area contributed by atoms with Crippen molar-refractivity contribution in [3.63, 3.8) is 0 Å². The van der Waals surface area contributed by atoms with Gasteiger partial charge in [0.2, 0.25) is 0 Å². The summed E-state index contributed by atoms with van der Waals surface area (Å²) in [6.45, 7) is 1.91. The van der Waals surface area contributed by atoms with E-state index in [1.54, 1.807) is 24.4 Å². The summed E-state index contributed by atoms with van der Waals surface area (Å²) >= 11 is 11.7. The molecule has 0 aliphatic carbocycles.